The van der Waals surface area contributed by atoms with Gasteiger partial charge in [0.2, 0.25) is 0 Å². The molecule has 0 radical (unpaired) electrons. The molecule has 4 nitrogen and oxygen atoms in total. The quantitative estimate of drug-likeness (QED) is 0.734. The van der Waals surface area contributed by atoms with Crippen LogP contribution in [-0.4, -0.2) is 16.4 Å². The number of fused-ring (bicyclic) bond motifs is 1. The number of pyridine rings is 1. The second-order valence-electron chi connectivity index (χ2n) is 6.58. The first kappa shape index (κ1) is 16.2. The molecule has 124 valence electrons. The zero-order chi connectivity index (χ0) is 17.3. The highest BCUT2D eigenvalue weighted by atomic mass is 16.1. The third-order valence-corrected chi connectivity index (χ3v) is 4.32. The molecular formula is C20H23N3O. The van der Waals surface area contributed by atoms with E-state index in [1.165, 1.54) is 5.56 Å². The van der Waals surface area contributed by atoms with Gasteiger partial charge in [0.1, 0.15) is 5.65 Å². The highest BCUT2D eigenvalue weighted by Crippen LogP contribution is 2.21. The molecule has 0 N–H and O–H groups in total. The topological polar surface area (TPSA) is 37.6 Å². The Bertz CT molecular complexity index is 928. The standard InChI is InChI=1S/C20H23N3O/c1-14(2)16-8-5-9-18(11-16)22(4)13-17-12-19(24)23-10-6-7-15(3)20(23)21-17/h5-12,14H,13H2,1-4H3. The van der Waals surface area contributed by atoms with Crippen LogP contribution in [0.1, 0.15) is 36.6 Å². The van der Waals surface area contributed by atoms with E-state index in [0.717, 1.165) is 22.6 Å². The molecular weight excluding hydrogens is 298 g/mol. The Kier molecular flexibility index (Phi) is 4.38. The van der Waals surface area contributed by atoms with E-state index >= 15 is 0 Å². The predicted octanol–water partition coefficient (Wildman–Crippen LogP) is 3.76. The van der Waals surface area contributed by atoms with Crippen LogP contribution in [0.5, 0.6) is 0 Å². The molecule has 3 rings (SSSR count). The second-order valence-corrected chi connectivity index (χ2v) is 6.58. The zero-order valence-electron chi connectivity index (χ0n) is 14.7. The van der Waals surface area contributed by atoms with Crippen LogP contribution in [0.2, 0.25) is 0 Å². The molecule has 0 fully saturated rings. The summed E-state index contributed by atoms with van der Waals surface area (Å²) in [7, 11) is 2.03. The minimum Gasteiger partial charge on any atom is -0.369 e. The molecule has 2 aromatic heterocycles. The fourth-order valence-electron chi connectivity index (χ4n) is 2.85. The van der Waals surface area contributed by atoms with Crippen LogP contribution in [-0.2, 0) is 6.54 Å². The predicted molar refractivity (Wildman–Crippen MR) is 98.8 cm³/mol. The van der Waals surface area contributed by atoms with E-state index in [2.05, 4.69) is 48.0 Å². The number of hydrogen-bond acceptors (Lipinski definition) is 3. The Balaban J connectivity index is 1.93. The van der Waals surface area contributed by atoms with Gasteiger partial charge in [-0.15, -0.1) is 0 Å². The SMILES string of the molecule is Cc1cccn2c(=O)cc(CN(C)c3cccc(C(C)C)c3)nc12. The van der Waals surface area contributed by atoms with Crippen molar-refractivity contribution in [1.82, 2.24) is 9.38 Å². The lowest BCUT2D eigenvalue weighted by molar-refractivity contribution is 0.848. The molecule has 2 heterocycles. The summed E-state index contributed by atoms with van der Waals surface area (Å²) >= 11 is 0. The molecule has 24 heavy (non-hydrogen) atoms. The van der Waals surface area contributed by atoms with E-state index in [0.29, 0.717) is 12.5 Å². The molecule has 0 amide bonds. The molecule has 0 saturated carbocycles. The van der Waals surface area contributed by atoms with Crippen molar-refractivity contribution < 1.29 is 0 Å². The summed E-state index contributed by atoms with van der Waals surface area (Å²) in [6.45, 7) is 6.95. The number of rotatable bonds is 4. The van der Waals surface area contributed by atoms with Crippen molar-refractivity contribution in [2.24, 2.45) is 0 Å². The van der Waals surface area contributed by atoms with E-state index in [9.17, 15) is 4.79 Å². The molecule has 0 aliphatic carbocycles. The fourth-order valence-corrected chi connectivity index (χ4v) is 2.85. The number of aryl methyl sites for hydroxylation is 1. The van der Waals surface area contributed by atoms with Gasteiger partial charge in [0.25, 0.3) is 5.56 Å². The van der Waals surface area contributed by atoms with Gasteiger partial charge < -0.3 is 4.90 Å². The summed E-state index contributed by atoms with van der Waals surface area (Å²) in [6.07, 6.45) is 1.76. The van der Waals surface area contributed by atoms with E-state index in [1.807, 2.05) is 26.1 Å². The first-order valence-electron chi connectivity index (χ1n) is 8.24. The number of anilines is 1. The number of aromatic nitrogens is 2. The smallest absolute Gasteiger partial charge is 0.258 e. The lowest BCUT2D eigenvalue weighted by atomic mass is 10.0. The summed E-state index contributed by atoms with van der Waals surface area (Å²) in [5.74, 6) is 0.490. The van der Waals surface area contributed by atoms with Gasteiger partial charge in [-0.1, -0.05) is 32.0 Å². The van der Waals surface area contributed by atoms with E-state index in [1.54, 1.807) is 16.7 Å². The van der Waals surface area contributed by atoms with Gasteiger partial charge in [0.15, 0.2) is 0 Å². The van der Waals surface area contributed by atoms with Crippen LogP contribution in [0.25, 0.3) is 5.65 Å². The van der Waals surface area contributed by atoms with Crippen molar-refractivity contribution in [3.8, 4) is 0 Å². The Morgan fingerprint density at radius 1 is 1.17 bits per heavy atom. The van der Waals surface area contributed by atoms with Crippen molar-refractivity contribution in [2.45, 2.75) is 33.2 Å². The summed E-state index contributed by atoms with van der Waals surface area (Å²) in [5.41, 5.74) is 4.91. The van der Waals surface area contributed by atoms with Crippen molar-refractivity contribution in [3.63, 3.8) is 0 Å². The first-order chi connectivity index (χ1) is 11.5. The van der Waals surface area contributed by atoms with Crippen LogP contribution in [0, 0.1) is 6.92 Å². The number of benzene rings is 1. The minimum absolute atomic E-state index is 0.0389. The first-order valence-corrected chi connectivity index (χ1v) is 8.24. The second kappa shape index (κ2) is 6.48. The van der Waals surface area contributed by atoms with Crippen molar-refractivity contribution in [1.29, 1.82) is 0 Å². The Morgan fingerprint density at radius 3 is 2.71 bits per heavy atom. The maximum atomic E-state index is 12.3. The molecule has 0 atom stereocenters. The monoisotopic (exact) mass is 321 g/mol. The number of nitrogens with zero attached hydrogens (tertiary/aromatic N) is 3. The van der Waals surface area contributed by atoms with Crippen LogP contribution < -0.4 is 10.5 Å². The van der Waals surface area contributed by atoms with Crippen LogP contribution >= 0.6 is 0 Å². The maximum absolute atomic E-state index is 12.3. The molecule has 1 aromatic carbocycles. The van der Waals surface area contributed by atoms with Gasteiger partial charge >= 0.3 is 0 Å². The average Bonchev–Trinajstić information content (AvgIpc) is 2.56. The van der Waals surface area contributed by atoms with Crippen LogP contribution in [0.4, 0.5) is 5.69 Å². The summed E-state index contributed by atoms with van der Waals surface area (Å²) in [6, 6.07) is 14.0. The summed E-state index contributed by atoms with van der Waals surface area (Å²) in [5, 5.41) is 0. The minimum atomic E-state index is -0.0389. The number of hydrogen-bond donors (Lipinski definition) is 0. The normalized spacial score (nSPS) is 11.2. The van der Waals surface area contributed by atoms with Crippen LogP contribution in [0.3, 0.4) is 0 Å². The summed E-state index contributed by atoms with van der Waals surface area (Å²) < 4.78 is 1.60. The largest absolute Gasteiger partial charge is 0.369 e. The molecule has 0 unspecified atom stereocenters. The molecule has 0 bridgehead atoms. The van der Waals surface area contributed by atoms with Crippen molar-refractivity contribution in [2.75, 3.05) is 11.9 Å². The molecule has 0 aliphatic heterocycles. The molecule has 0 spiro atoms. The average molecular weight is 321 g/mol. The zero-order valence-corrected chi connectivity index (χ0v) is 14.7. The van der Waals surface area contributed by atoms with Gasteiger partial charge in [0.05, 0.1) is 12.2 Å². The van der Waals surface area contributed by atoms with Gasteiger partial charge in [-0.2, -0.15) is 0 Å². The molecule has 0 aliphatic rings. The van der Waals surface area contributed by atoms with Gasteiger partial charge in [-0.05, 0) is 42.2 Å². The third-order valence-electron chi connectivity index (χ3n) is 4.32. The lowest BCUT2D eigenvalue weighted by Gasteiger charge is -2.20. The highest BCUT2D eigenvalue weighted by molar-refractivity contribution is 5.50. The maximum Gasteiger partial charge on any atom is 0.258 e. The Morgan fingerprint density at radius 2 is 1.96 bits per heavy atom. The van der Waals surface area contributed by atoms with E-state index < -0.39 is 0 Å². The van der Waals surface area contributed by atoms with Gasteiger partial charge in [-0.3, -0.25) is 9.20 Å². The van der Waals surface area contributed by atoms with Gasteiger partial charge in [0, 0.05) is 25.0 Å². The molecule has 4 heteroatoms. The van der Waals surface area contributed by atoms with Crippen molar-refractivity contribution in [3.05, 3.63) is 75.8 Å². The Hall–Kier alpha value is -2.62. The lowest BCUT2D eigenvalue weighted by Crippen LogP contribution is -2.22. The highest BCUT2D eigenvalue weighted by Gasteiger charge is 2.09. The van der Waals surface area contributed by atoms with E-state index in [-0.39, 0.29) is 5.56 Å². The fraction of sp³-hybridized carbons (Fsp3) is 0.300. The van der Waals surface area contributed by atoms with Crippen LogP contribution in [0.15, 0.2) is 53.5 Å². The third kappa shape index (κ3) is 3.18. The summed E-state index contributed by atoms with van der Waals surface area (Å²) in [4.78, 5) is 19.1. The van der Waals surface area contributed by atoms with Crippen molar-refractivity contribution >= 4 is 11.3 Å². The van der Waals surface area contributed by atoms with E-state index in [4.69, 9.17) is 0 Å². The Labute approximate surface area is 142 Å². The molecule has 3 aromatic rings. The van der Waals surface area contributed by atoms with Gasteiger partial charge in [-0.25, -0.2) is 4.98 Å². The molecule has 0 saturated heterocycles.